The van der Waals surface area contributed by atoms with E-state index in [2.05, 4.69) is 10.3 Å². The van der Waals surface area contributed by atoms with Gasteiger partial charge in [0, 0.05) is 35.5 Å². The monoisotopic (exact) mass is 410 g/mol. The van der Waals surface area contributed by atoms with Crippen molar-refractivity contribution in [3.63, 3.8) is 0 Å². The van der Waals surface area contributed by atoms with E-state index in [1.807, 2.05) is 17.5 Å². The summed E-state index contributed by atoms with van der Waals surface area (Å²) < 4.78 is 25.4. The first-order valence-electron chi connectivity index (χ1n) is 9.61. The molecule has 29 heavy (non-hydrogen) atoms. The van der Waals surface area contributed by atoms with Crippen LogP contribution in [0.5, 0.6) is 11.5 Å². The summed E-state index contributed by atoms with van der Waals surface area (Å²) in [7, 11) is 0. The summed E-state index contributed by atoms with van der Waals surface area (Å²) >= 11 is 1.39. The van der Waals surface area contributed by atoms with Gasteiger partial charge in [-0.15, -0.1) is 11.3 Å². The summed E-state index contributed by atoms with van der Waals surface area (Å²) in [6.07, 6.45) is 4.12. The third-order valence-corrected chi connectivity index (χ3v) is 6.09. The number of hydrogen-bond acceptors (Lipinski definition) is 5. The SMILES string of the molecule is O=C(Cc1csc(-c2cccc(F)c2)n1)Nc1ccc2c(c1)OC1(CCCC1)O2. The van der Waals surface area contributed by atoms with E-state index in [1.165, 1.54) is 23.5 Å². The number of nitrogens with zero attached hydrogens (tertiary/aromatic N) is 1. The first-order valence-corrected chi connectivity index (χ1v) is 10.5. The van der Waals surface area contributed by atoms with Crippen LogP contribution in [0.25, 0.3) is 10.6 Å². The van der Waals surface area contributed by atoms with Crippen LogP contribution in [0.3, 0.4) is 0 Å². The molecule has 1 aliphatic heterocycles. The Morgan fingerprint density at radius 3 is 2.79 bits per heavy atom. The number of aromatic nitrogens is 1. The Kier molecular flexibility index (Phi) is 4.47. The molecule has 1 aliphatic carbocycles. The van der Waals surface area contributed by atoms with Gasteiger partial charge in [0.25, 0.3) is 5.79 Å². The molecule has 5 nitrogen and oxygen atoms in total. The molecule has 7 heteroatoms. The maximum atomic E-state index is 13.4. The number of carbonyl (C=O) groups excluding carboxylic acids is 1. The molecule has 0 unspecified atom stereocenters. The molecule has 148 valence electrons. The van der Waals surface area contributed by atoms with Crippen LogP contribution in [-0.2, 0) is 11.2 Å². The van der Waals surface area contributed by atoms with Gasteiger partial charge in [-0.25, -0.2) is 9.37 Å². The molecule has 1 amide bonds. The molecule has 0 atom stereocenters. The topological polar surface area (TPSA) is 60.5 Å². The normalized spacial score (nSPS) is 16.3. The first kappa shape index (κ1) is 18.1. The second-order valence-corrected chi connectivity index (χ2v) is 8.22. The lowest BCUT2D eigenvalue weighted by Crippen LogP contribution is -2.34. The van der Waals surface area contributed by atoms with Gasteiger partial charge in [-0.2, -0.15) is 0 Å². The molecule has 1 fully saturated rings. The number of rotatable bonds is 4. The fourth-order valence-electron chi connectivity index (χ4n) is 3.80. The highest BCUT2D eigenvalue weighted by Crippen LogP contribution is 2.47. The van der Waals surface area contributed by atoms with Crippen molar-refractivity contribution < 1.29 is 18.7 Å². The summed E-state index contributed by atoms with van der Waals surface area (Å²) in [5.41, 5.74) is 2.02. The van der Waals surface area contributed by atoms with Gasteiger partial charge in [-0.3, -0.25) is 4.79 Å². The molecule has 1 saturated carbocycles. The van der Waals surface area contributed by atoms with Crippen LogP contribution >= 0.6 is 11.3 Å². The van der Waals surface area contributed by atoms with E-state index < -0.39 is 5.79 Å². The van der Waals surface area contributed by atoms with E-state index in [1.54, 1.807) is 18.2 Å². The molecule has 0 radical (unpaired) electrons. The molecule has 5 rings (SSSR count). The van der Waals surface area contributed by atoms with E-state index in [0.29, 0.717) is 27.7 Å². The molecule has 0 saturated heterocycles. The summed E-state index contributed by atoms with van der Waals surface area (Å²) in [5, 5.41) is 5.40. The number of benzene rings is 2. The molecule has 2 aliphatic rings. The second kappa shape index (κ2) is 7.15. The second-order valence-electron chi connectivity index (χ2n) is 7.36. The lowest BCUT2D eigenvalue weighted by molar-refractivity contribution is -0.115. The minimum atomic E-state index is -0.515. The fourth-order valence-corrected chi connectivity index (χ4v) is 4.62. The van der Waals surface area contributed by atoms with E-state index >= 15 is 0 Å². The van der Waals surface area contributed by atoms with Gasteiger partial charge in [-0.05, 0) is 37.1 Å². The standard InChI is InChI=1S/C22H19FN2O3S/c23-15-5-3-4-14(10-15)21-25-17(13-29-21)12-20(26)24-16-6-7-18-19(11-16)28-22(27-18)8-1-2-9-22/h3-7,10-11,13H,1-2,8-9,12H2,(H,24,26). The highest BCUT2D eigenvalue weighted by molar-refractivity contribution is 7.13. The van der Waals surface area contributed by atoms with Gasteiger partial charge >= 0.3 is 0 Å². The number of ether oxygens (including phenoxy) is 2. The Morgan fingerprint density at radius 1 is 1.14 bits per heavy atom. The molecular formula is C22H19FN2O3S. The lowest BCUT2D eigenvalue weighted by atomic mass is 10.2. The average molecular weight is 410 g/mol. The maximum Gasteiger partial charge on any atom is 0.251 e. The van der Waals surface area contributed by atoms with Crippen LogP contribution in [0.1, 0.15) is 31.4 Å². The van der Waals surface area contributed by atoms with Crippen molar-refractivity contribution in [1.82, 2.24) is 4.98 Å². The number of fused-ring (bicyclic) bond motifs is 1. The third-order valence-electron chi connectivity index (χ3n) is 5.15. The zero-order valence-corrected chi connectivity index (χ0v) is 16.4. The van der Waals surface area contributed by atoms with Crippen LogP contribution < -0.4 is 14.8 Å². The first-order chi connectivity index (χ1) is 14.1. The third kappa shape index (κ3) is 3.70. The van der Waals surface area contributed by atoms with Crippen molar-refractivity contribution in [2.24, 2.45) is 0 Å². The van der Waals surface area contributed by atoms with E-state index in [4.69, 9.17) is 9.47 Å². The van der Waals surface area contributed by atoms with Crippen molar-refractivity contribution in [3.8, 4) is 22.1 Å². The summed E-state index contributed by atoms with van der Waals surface area (Å²) in [5.74, 6) is 0.407. The molecule has 1 spiro atoms. The average Bonchev–Trinajstić information content (AvgIpc) is 3.42. The summed E-state index contributed by atoms with van der Waals surface area (Å²) in [4.78, 5) is 16.9. The zero-order chi connectivity index (χ0) is 19.8. The largest absolute Gasteiger partial charge is 0.448 e. The summed E-state index contributed by atoms with van der Waals surface area (Å²) in [6, 6.07) is 11.7. The smallest absolute Gasteiger partial charge is 0.251 e. The van der Waals surface area contributed by atoms with Crippen LogP contribution in [-0.4, -0.2) is 16.7 Å². The van der Waals surface area contributed by atoms with Gasteiger partial charge < -0.3 is 14.8 Å². The molecule has 1 N–H and O–H groups in total. The number of carbonyl (C=O) groups is 1. The van der Waals surface area contributed by atoms with Crippen LogP contribution in [0, 0.1) is 5.82 Å². The van der Waals surface area contributed by atoms with Crippen LogP contribution in [0.2, 0.25) is 0 Å². The van der Waals surface area contributed by atoms with E-state index in [9.17, 15) is 9.18 Å². The highest BCUT2D eigenvalue weighted by atomic mass is 32.1. The number of amides is 1. The van der Waals surface area contributed by atoms with E-state index in [0.717, 1.165) is 31.4 Å². The van der Waals surface area contributed by atoms with Crippen molar-refractivity contribution in [3.05, 3.63) is 59.4 Å². The maximum absolute atomic E-state index is 13.4. The molecule has 2 aromatic carbocycles. The Balaban J connectivity index is 1.24. The van der Waals surface area contributed by atoms with Crippen molar-refractivity contribution >= 4 is 22.9 Å². The van der Waals surface area contributed by atoms with Crippen molar-refractivity contribution in [1.29, 1.82) is 0 Å². The van der Waals surface area contributed by atoms with E-state index in [-0.39, 0.29) is 18.1 Å². The molecule has 3 aromatic rings. The number of anilines is 1. The molecule has 1 aromatic heterocycles. The summed E-state index contributed by atoms with van der Waals surface area (Å²) in [6.45, 7) is 0. The molecular weight excluding hydrogens is 391 g/mol. The van der Waals surface area contributed by atoms with Crippen LogP contribution in [0.15, 0.2) is 47.8 Å². The number of nitrogens with one attached hydrogen (secondary N) is 1. The Bertz CT molecular complexity index is 1080. The quantitative estimate of drug-likeness (QED) is 0.644. The molecule has 2 heterocycles. The minimum Gasteiger partial charge on any atom is -0.448 e. The number of hydrogen-bond donors (Lipinski definition) is 1. The molecule has 0 bridgehead atoms. The predicted octanol–water partition coefficient (Wildman–Crippen LogP) is 5.17. The van der Waals surface area contributed by atoms with Crippen molar-refractivity contribution in [2.45, 2.75) is 37.9 Å². The van der Waals surface area contributed by atoms with Gasteiger partial charge in [0.1, 0.15) is 10.8 Å². The van der Waals surface area contributed by atoms with Gasteiger partial charge in [-0.1, -0.05) is 12.1 Å². The van der Waals surface area contributed by atoms with Crippen LogP contribution in [0.4, 0.5) is 10.1 Å². The van der Waals surface area contributed by atoms with Gasteiger partial charge in [0.05, 0.1) is 12.1 Å². The number of halogens is 1. The minimum absolute atomic E-state index is 0.143. The Hall–Kier alpha value is -2.93. The predicted molar refractivity (Wildman–Crippen MR) is 109 cm³/mol. The fraction of sp³-hybridized carbons (Fsp3) is 0.273. The highest BCUT2D eigenvalue weighted by Gasteiger charge is 2.44. The zero-order valence-electron chi connectivity index (χ0n) is 15.6. The number of thiazole rings is 1. The Morgan fingerprint density at radius 2 is 1.97 bits per heavy atom. The van der Waals surface area contributed by atoms with Gasteiger partial charge in [0.15, 0.2) is 11.5 Å². The lowest BCUT2D eigenvalue weighted by Gasteiger charge is -2.21. The van der Waals surface area contributed by atoms with Crippen molar-refractivity contribution in [2.75, 3.05) is 5.32 Å². The van der Waals surface area contributed by atoms with Gasteiger partial charge in [0.2, 0.25) is 5.91 Å². The Labute approximate surface area is 171 Å².